The molecule has 0 saturated carbocycles. The van der Waals surface area contributed by atoms with Crippen LogP contribution in [0.1, 0.15) is 24.3 Å². The second kappa shape index (κ2) is 7.13. The van der Waals surface area contributed by atoms with Gasteiger partial charge in [0, 0.05) is 12.4 Å². The first-order chi connectivity index (χ1) is 9.59. The molecule has 1 heterocycles. The molecule has 0 radical (unpaired) electrons. The predicted molar refractivity (Wildman–Crippen MR) is 72.1 cm³/mol. The molecule has 0 aliphatic carbocycles. The molecule has 20 heavy (non-hydrogen) atoms. The van der Waals surface area contributed by atoms with Gasteiger partial charge in [0.05, 0.1) is 5.69 Å². The van der Waals surface area contributed by atoms with E-state index in [1.54, 1.807) is 0 Å². The van der Waals surface area contributed by atoms with Crippen LogP contribution in [0.25, 0.3) is 0 Å². The van der Waals surface area contributed by atoms with E-state index in [1.807, 2.05) is 13.8 Å². The number of benzene rings is 1. The molecule has 0 bridgehead atoms. The highest BCUT2D eigenvalue weighted by atomic mass is 19.2. The van der Waals surface area contributed by atoms with Gasteiger partial charge in [-0.1, -0.05) is 19.9 Å². The Morgan fingerprint density at radius 2 is 1.85 bits per heavy atom. The molecule has 0 unspecified atom stereocenters. The Kier molecular flexibility index (Phi) is 5.52. The first-order valence-corrected chi connectivity index (χ1v) is 5.91. The number of nitrogen functional groups attached to an aromatic ring is 1. The summed E-state index contributed by atoms with van der Waals surface area (Å²) in [5.41, 5.74) is 5.00. The van der Waals surface area contributed by atoms with Gasteiger partial charge in [-0.25, -0.2) is 18.7 Å². The molecule has 0 aliphatic heterocycles. The zero-order valence-corrected chi connectivity index (χ0v) is 11.0. The van der Waals surface area contributed by atoms with Gasteiger partial charge >= 0.3 is 0 Å². The summed E-state index contributed by atoms with van der Waals surface area (Å²) >= 11 is 0. The van der Waals surface area contributed by atoms with Crippen molar-refractivity contribution in [2.24, 2.45) is 0 Å². The number of hydrogen-bond donors (Lipinski definition) is 2. The van der Waals surface area contributed by atoms with Crippen LogP contribution in [0.3, 0.4) is 0 Å². The topological polar surface area (TPSA) is 80.9 Å². The van der Waals surface area contributed by atoms with E-state index in [0.717, 1.165) is 6.07 Å². The number of carbonyl (C=O) groups excluding carboxylic acids is 1. The zero-order valence-electron chi connectivity index (χ0n) is 11.0. The summed E-state index contributed by atoms with van der Waals surface area (Å²) in [5, 5.41) is 2.17. The maximum Gasteiger partial charge on any atom is 0.278 e. The number of nitrogens with one attached hydrogen (secondary N) is 1. The Bertz CT molecular complexity index is 605. The molecule has 1 amide bonds. The molecule has 0 spiro atoms. The highest BCUT2D eigenvalue weighted by Crippen LogP contribution is 2.17. The first-order valence-electron chi connectivity index (χ1n) is 5.91. The van der Waals surface area contributed by atoms with Gasteiger partial charge in [-0.2, -0.15) is 0 Å². The molecule has 2 rings (SSSR count). The minimum Gasteiger partial charge on any atom is -0.382 e. The molecular weight excluding hydrogens is 266 g/mol. The van der Waals surface area contributed by atoms with Crippen LogP contribution in [-0.4, -0.2) is 15.9 Å². The van der Waals surface area contributed by atoms with Crippen LogP contribution >= 0.6 is 0 Å². The van der Waals surface area contributed by atoms with Crippen molar-refractivity contribution < 1.29 is 13.6 Å². The molecule has 1 aromatic heterocycles. The lowest BCUT2D eigenvalue weighted by Crippen LogP contribution is -2.17. The molecule has 0 fully saturated rings. The molecule has 2 aromatic rings. The first kappa shape index (κ1) is 15.5. The van der Waals surface area contributed by atoms with Gasteiger partial charge in [0.1, 0.15) is 0 Å². The van der Waals surface area contributed by atoms with E-state index in [-0.39, 0.29) is 17.2 Å². The number of anilines is 2. The summed E-state index contributed by atoms with van der Waals surface area (Å²) in [6, 6.07) is 3.44. The normalized spacial score (nSPS) is 9.40. The third-order valence-corrected chi connectivity index (χ3v) is 2.14. The molecule has 0 atom stereocenters. The molecule has 7 heteroatoms. The van der Waals surface area contributed by atoms with Crippen molar-refractivity contribution in [3.63, 3.8) is 0 Å². The van der Waals surface area contributed by atoms with Gasteiger partial charge in [0.2, 0.25) is 0 Å². The lowest BCUT2D eigenvalue weighted by atomic mass is 10.2. The molecule has 0 aliphatic rings. The van der Waals surface area contributed by atoms with Gasteiger partial charge in [-0.05, 0) is 12.1 Å². The van der Waals surface area contributed by atoms with Crippen LogP contribution in [0.2, 0.25) is 0 Å². The van der Waals surface area contributed by atoms with Crippen molar-refractivity contribution in [3.8, 4) is 0 Å². The summed E-state index contributed by atoms with van der Waals surface area (Å²) in [5.74, 6) is -3.05. The van der Waals surface area contributed by atoms with Gasteiger partial charge in [0.15, 0.2) is 23.1 Å². The van der Waals surface area contributed by atoms with E-state index in [0.29, 0.717) is 0 Å². The third-order valence-electron chi connectivity index (χ3n) is 2.14. The van der Waals surface area contributed by atoms with Crippen LogP contribution in [-0.2, 0) is 0 Å². The molecular formula is C13H14F2N4O. The zero-order chi connectivity index (χ0) is 15.1. The summed E-state index contributed by atoms with van der Waals surface area (Å²) in [6.45, 7) is 4.00. The SMILES string of the molecule is CC.Nc1nccnc1C(=O)Nc1cccc(F)c1F. The highest BCUT2D eigenvalue weighted by Gasteiger charge is 2.15. The van der Waals surface area contributed by atoms with Crippen LogP contribution in [0.4, 0.5) is 20.3 Å². The smallest absolute Gasteiger partial charge is 0.278 e. The Balaban J connectivity index is 0.000000956. The van der Waals surface area contributed by atoms with Crippen LogP contribution in [0.5, 0.6) is 0 Å². The lowest BCUT2D eigenvalue weighted by Gasteiger charge is -2.07. The number of rotatable bonds is 2. The van der Waals surface area contributed by atoms with Crippen molar-refractivity contribution in [1.29, 1.82) is 0 Å². The number of aromatic nitrogens is 2. The second-order valence-corrected chi connectivity index (χ2v) is 3.35. The van der Waals surface area contributed by atoms with Crippen molar-refractivity contribution in [3.05, 3.63) is 47.9 Å². The highest BCUT2D eigenvalue weighted by molar-refractivity contribution is 6.05. The largest absolute Gasteiger partial charge is 0.382 e. The molecule has 3 N–H and O–H groups in total. The minimum absolute atomic E-state index is 0.0909. The van der Waals surface area contributed by atoms with Crippen molar-refractivity contribution in [2.45, 2.75) is 13.8 Å². The van der Waals surface area contributed by atoms with Gasteiger partial charge in [-0.15, -0.1) is 0 Å². The number of halogens is 2. The van der Waals surface area contributed by atoms with Crippen molar-refractivity contribution >= 4 is 17.4 Å². The molecule has 106 valence electrons. The lowest BCUT2D eigenvalue weighted by molar-refractivity contribution is 0.102. The quantitative estimate of drug-likeness (QED) is 0.886. The number of nitrogens with two attached hydrogens (primary N) is 1. The Morgan fingerprint density at radius 1 is 1.20 bits per heavy atom. The number of amides is 1. The standard InChI is InChI=1S/C11H8F2N4O.C2H6/c12-6-2-1-3-7(8(6)13)17-11(18)9-10(14)16-5-4-15-9;1-2/h1-5H,(H2,14,16)(H,17,18);1-2H3. The van der Waals surface area contributed by atoms with E-state index in [9.17, 15) is 13.6 Å². The van der Waals surface area contributed by atoms with Crippen molar-refractivity contribution in [1.82, 2.24) is 9.97 Å². The van der Waals surface area contributed by atoms with Gasteiger partial charge in [0.25, 0.3) is 5.91 Å². The second-order valence-electron chi connectivity index (χ2n) is 3.35. The Morgan fingerprint density at radius 3 is 2.50 bits per heavy atom. The third kappa shape index (κ3) is 3.47. The maximum absolute atomic E-state index is 13.3. The fraction of sp³-hybridized carbons (Fsp3) is 0.154. The molecule has 5 nitrogen and oxygen atoms in total. The Hall–Kier alpha value is -2.57. The van der Waals surface area contributed by atoms with E-state index in [4.69, 9.17) is 5.73 Å². The van der Waals surface area contributed by atoms with Crippen LogP contribution in [0, 0.1) is 11.6 Å². The molecule has 1 aromatic carbocycles. The summed E-state index contributed by atoms with van der Waals surface area (Å²) in [6.07, 6.45) is 2.59. The summed E-state index contributed by atoms with van der Waals surface area (Å²) < 4.78 is 26.3. The number of nitrogens with zero attached hydrogens (tertiary/aromatic N) is 2. The fourth-order valence-electron chi connectivity index (χ4n) is 1.31. The predicted octanol–water partition coefficient (Wildman–Crippen LogP) is 2.62. The van der Waals surface area contributed by atoms with E-state index < -0.39 is 17.5 Å². The van der Waals surface area contributed by atoms with Gasteiger partial charge < -0.3 is 11.1 Å². The minimum atomic E-state index is -1.15. The number of carbonyl (C=O) groups is 1. The van der Waals surface area contributed by atoms with Crippen LogP contribution < -0.4 is 11.1 Å². The average molecular weight is 280 g/mol. The van der Waals surface area contributed by atoms with E-state index in [1.165, 1.54) is 24.5 Å². The van der Waals surface area contributed by atoms with Crippen molar-refractivity contribution in [2.75, 3.05) is 11.1 Å². The molecule has 0 saturated heterocycles. The number of hydrogen-bond acceptors (Lipinski definition) is 4. The summed E-state index contributed by atoms with van der Waals surface area (Å²) in [4.78, 5) is 19.1. The maximum atomic E-state index is 13.3. The van der Waals surface area contributed by atoms with Gasteiger partial charge in [-0.3, -0.25) is 4.79 Å². The monoisotopic (exact) mass is 280 g/mol. The van der Waals surface area contributed by atoms with Crippen LogP contribution in [0.15, 0.2) is 30.6 Å². The fourth-order valence-corrected chi connectivity index (χ4v) is 1.31. The van der Waals surface area contributed by atoms with E-state index >= 15 is 0 Å². The average Bonchev–Trinajstić information content (AvgIpc) is 2.46. The summed E-state index contributed by atoms with van der Waals surface area (Å²) in [7, 11) is 0. The van der Waals surface area contributed by atoms with E-state index in [2.05, 4.69) is 15.3 Å². The Labute approximate surface area is 114 Å².